The fourth-order valence-corrected chi connectivity index (χ4v) is 1.98. The maximum absolute atomic E-state index is 11.8. The third kappa shape index (κ3) is 4.68. The van der Waals surface area contributed by atoms with Gasteiger partial charge in [-0.1, -0.05) is 13.8 Å². The van der Waals surface area contributed by atoms with E-state index >= 15 is 0 Å². The Labute approximate surface area is 104 Å². The van der Waals surface area contributed by atoms with Crippen molar-refractivity contribution in [1.29, 1.82) is 0 Å². The van der Waals surface area contributed by atoms with Gasteiger partial charge in [-0.2, -0.15) is 0 Å². The topological polar surface area (TPSA) is 41.6 Å². The molecule has 1 atom stereocenters. The average Bonchev–Trinajstić information content (AvgIpc) is 2.18. The number of nitrogens with zero attached hydrogens (tertiary/aromatic N) is 1. The Bertz CT molecular complexity index is 212. The number of hydrogen-bond acceptors (Lipinski definition) is 3. The molecular formula is C11H23ClN2O2. The Morgan fingerprint density at radius 2 is 2.25 bits per heavy atom. The number of amides is 1. The summed E-state index contributed by atoms with van der Waals surface area (Å²) in [6, 6.07) is 0.264. The van der Waals surface area contributed by atoms with E-state index in [0.29, 0.717) is 25.7 Å². The van der Waals surface area contributed by atoms with E-state index in [1.54, 1.807) is 7.05 Å². The van der Waals surface area contributed by atoms with Gasteiger partial charge in [0.05, 0.1) is 25.8 Å². The Morgan fingerprint density at radius 1 is 1.56 bits per heavy atom. The summed E-state index contributed by atoms with van der Waals surface area (Å²) in [5.74, 6) is 0.785. The maximum atomic E-state index is 11.8. The molecule has 1 N–H and O–H groups in total. The number of morpholine rings is 1. The number of likely N-dealkylation sites (N-methyl/N-ethyl adjacent to an activating group) is 1. The van der Waals surface area contributed by atoms with Crippen LogP contribution < -0.4 is 5.32 Å². The standard InChI is InChI=1S/C11H22N2O2.ClH/c1-9(2)6-10-8-15-5-4-13(10)11(14)7-12-3;/h9-10,12H,4-8H2,1-3H3;1H. The number of carbonyl (C=O) groups is 1. The van der Waals surface area contributed by atoms with E-state index in [0.717, 1.165) is 13.0 Å². The summed E-state index contributed by atoms with van der Waals surface area (Å²) in [5.41, 5.74) is 0. The first-order chi connectivity index (χ1) is 7.15. The lowest BCUT2D eigenvalue weighted by Crippen LogP contribution is -2.51. The molecule has 96 valence electrons. The first-order valence-corrected chi connectivity index (χ1v) is 5.67. The van der Waals surface area contributed by atoms with E-state index < -0.39 is 0 Å². The van der Waals surface area contributed by atoms with Crippen molar-refractivity contribution < 1.29 is 9.53 Å². The number of halogens is 1. The summed E-state index contributed by atoms with van der Waals surface area (Å²) in [6.45, 7) is 6.87. The second-order valence-corrected chi connectivity index (χ2v) is 4.48. The van der Waals surface area contributed by atoms with Crippen LogP contribution in [0.25, 0.3) is 0 Å². The molecule has 1 amide bonds. The van der Waals surface area contributed by atoms with E-state index in [2.05, 4.69) is 19.2 Å². The number of nitrogens with one attached hydrogen (secondary N) is 1. The van der Waals surface area contributed by atoms with E-state index in [9.17, 15) is 4.79 Å². The Morgan fingerprint density at radius 3 is 2.81 bits per heavy atom. The second-order valence-electron chi connectivity index (χ2n) is 4.48. The van der Waals surface area contributed by atoms with Crippen LogP contribution >= 0.6 is 12.4 Å². The van der Waals surface area contributed by atoms with Crippen molar-refractivity contribution in [2.75, 3.05) is 33.4 Å². The molecule has 1 heterocycles. The van der Waals surface area contributed by atoms with Crippen LogP contribution in [0.15, 0.2) is 0 Å². The van der Waals surface area contributed by atoms with Gasteiger partial charge in [-0.15, -0.1) is 12.4 Å². The quantitative estimate of drug-likeness (QED) is 0.806. The van der Waals surface area contributed by atoms with Gasteiger partial charge in [-0.3, -0.25) is 4.79 Å². The van der Waals surface area contributed by atoms with Crippen molar-refractivity contribution in [1.82, 2.24) is 10.2 Å². The van der Waals surface area contributed by atoms with Crippen LogP contribution in [0.2, 0.25) is 0 Å². The molecule has 1 aliphatic heterocycles. The highest BCUT2D eigenvalue weighted by molar-refractivity contribution is 5.85. The van der Waals surface area contributed by atoms with Crippen LogP contribution in [0.5, 0.6) is 0 Å². The first-order valence-electron chi connectivity index (χ1n) is 5.67. The minimum absolute atomic E-state index is 0. The number of hydrogen-bond donors (Lipinski definition) is 1. The fraction of sp³-hybridized carbons (Fsp3) is 0.909. The van der Waals surface area contributed by atoms with E-state index in [1.807, 2.05) is 4.90 Å². The lowest BCUT2D eigenvalue weighted by atomic mass is 10.0. The summed E-state index contributed by atoms with van der Waals surface area (Å²) >= 11 is 0. The molecule has 1 saturated heterocycles. The first kappa shape index (κ1) is 15.7. The smallest absolute Gasteiger partial charge is 0.236 e. The Hall–Kier alpha value is -0.320. The average molecular weight is 251 g/mol. The van der Waals surface area contributed by atoms with Gasteiger partial charge < -0.3 is 15.0 Å². The van der Waals surface area contributed by atoms with Crippen molar-refractivity contribution in [3.63, 3.8) is 0 Å². The summed E-state index contributed by atoms with van der Waals surface area (Å²) in [5, 5.41) is 2.91. The van der Waals surface area contributed by atoms with Gasteiger partial charge in [0.15, 0.2) is 0 Å². The Kier molecular flexibility index (Phi) is 7.72. The molecular weight excluding hydrogens is 228 g/mol. The summed E-state index contributed by atoms with van der Waals surface area (Å²) in [4.78, 5) is 13.8. The second kappa shape index (κ2) is 7.87. The molecule has 1 aliphatic rings. The van der Waals surface area contributed by atoms with Crippen LogP contribution in [-0.4, -0.2) is 50.2 Å². The molecule has 0 aromatic carbocycles. The fourth-order valence-electron chi connectivity index (χ4n) is 1.98. The highest BCUT2D eigenvalue weighted by atomic mass is 35.5. The highest BCUT2D eigenvalue weighted by Crippen LogP contribution is 2.15. The molecule has 1 unspecified atom stereocenters. The zero-order valence-corrected chi connectivity index (χ0v) is 11.2. The lowest BCUT2D eigenvalue weighted by Gasteiger charge is -2.36. The molecule has 0 spiro atoms. The van der Waals surface area contributed by atoms with Crippen molar-refractivity contribution in [2.45, 2.75) is 26.3 Å². The molecule has 0 aromatic rings. The summed E-state index contributed by atoms with van der Waals surface area (Å²) in [6.07, 6.45) is 1.02. The van der Waals surface area contributed by atoms with Crippen LogP contribution in [0.3, 0.4) is 0 Å². The number of carbonyl (C=O) groups excluding carboxylic acids is 1. The van der Waals surface area contributed by atoms with Crippen molar-refractivity contribution in [2.24, 2.45) is 5.92 Å². The molecule has 0 aliphatic carbocycles. The molecule has 0 radical (unpaired) electrons. The van der Waals surface area contributed by atoms with Crippen LogP contribution in [0, 0.1) is 5.92 Å². The molecule has 0 aromatic heterocycles. The molecule has 16 heavy (non-hydrogen) atoms. The zero-order valence-electron chi connectivity index (χ0n) is 10.4. The minimum Gasteiger partial charge on any atom is -0.377 e. The van der Waals surface area contributed by atoms with Gasteiger partial charge in [0, 0.05) is 6.54 Å². The van der Waals surface area contributed by atoms with Crippen molar-refractivity contribution in [3.05, 3.63) is 0 Å². The predicted octanol–water partition coefficient (Wildman–Crippen LogP) is 0.901. The summed E-state index contributed by atoms with van der Waals surface area (Å²) in [7, 11) is 1.80. The molecule has 0 saturated carbocycles. The molecule has 0 bridgehead atoms. The molecule has 1 fully saturated rings. The van der Waals surface area contributed by atoms with Gasteiger partial charge in [0.25, 0.3) is 0 Å². The lowest BCUT2D eigenvalue weighted by molar-refractivity contribution is -0.139. The van der Waals surface area contributed by atoms with Gasteiger partial charge in [-0.05, 0) is 19.4 Å². The van der Waals surface area contributed by atoms with Crippen LogP contribution in [-0.2, 0) is 9.53 Å². The maximum Gasteiger partial charge on any atom is 0.236 e. The highest BCUT2D eigenvalue weighted by Gasteiger charge is 2.26. The van der Waals surface area contributed by atoms with E-state index in [1.165, 1.54) is 0 Å². The molecule has 5 heteroatoms. The van der Waals surface area contributed by atoms with Crippen molar-refractivity contribution in [3.8, 4) is 0 Å². The minimum atomic E-state index is 0. The number of ether oxygens (including phenoxy) is 1. The van der Waals surface area contributed by atoms with Gasteiger partial charge in [-0.25, -0.2) is 0 Å². The third-order valence-electron chi connectivity index (χ3n) is 2.62. The SMILES string of the molecule is CNCC(=O)N1CCOCC1CC(C)C.Cl. The normalized spacial score (nSPS) is 20.8. The third-order valence-corrected chi connectivity index (χ3v) is 2.62. The van der Waals surface area contributed by atoms with Crippen LogP contribution in [0.4, 0.5) is 0 Å². The summed E-state index contributed by atoms with van der Waals surface area (Å²) < 4.78 is 5.43. The largest absolute Gasteiger partial charge is 0.377 e. The van der Waals surface area contributed by atoms with Crippen molar-refractivity contribution >= 4 is 18.3 Å². The molecule has 4 nitrogen and oxygen atoms in total. The molecule has 1 rings (SSSR count). The van der Waals surface area contributed by atoms with Gasteiger partial charge >= 0.3 is 0 Å². The van der Waals surface area contributed by atoms with Gasteiger partial charge in [0.2, 0.25) is 5.91 Å². The van der Waals surface area contributed by atoms with Gasteiger partial charge in [0.1, 0.15) is 0 Å². The predicted molar refractivity (Wildman–Crippen MR) is 66.9 cm³/mol. The Balaban J connectivity index is 0.00000225. The monoisotopic (exact) mass is 250 g/mol. The van der Waals surface area contributed by atoms with Crippen LogP contribution in [0.1, 0.15) is 20.3 Å². The number of rotatable bonds is 4. The van der Waals surface area contributed by atoms with E-state index in [-0.39, 0.29) is 24.4 Å². The van der Waals surface area contributed by atoms with E-state index in [4.69, 9.17) is 4.74 Å². The zero-order chi connectivity index (χ0) is 11.3.